The molecule has 0 radical (unpaired) electrons. The maximum atomic E-state index is 14.2. The lowest BCUT2D eigenvalue weighted by molar-refractivity contribution is 0.0507. The Labute approximate surface area is 191 Å². The van der Waals surface area contributed by atoms with E-state index in [1.165, 1.54) is 18.2 Å². The molecule has 0 saturated heterocycles. The topological polar surface area (TPSA) is 93.2 Å². The number of carbonyl (C=O) groups excluding carboxylic acids is 2. The predicted molar refractivity (Wildman–Crippen MR) is 123 cm³/mol. The number of nitrogens with zero attached hydrogens (tertiary/aromatic N) is 2. The summed E-state index contributed by atoms with van der Waals surface area (Å²) in [4.78, 5) is 35.0. The minimum Gasteiger partial charge on any atom is -0.444 e. The van der Waals surface area contributed by atoms with Crippen LogP contribution in [0.15, 0.2) is 42.6 Å². The molecule has 1 saturated carbocycles. The molecule has 0 spiro atoms. The number of hydrogen-bond acceptors (Lipinski definition) is 5. The number of ether oxygens (including phenoxy) is 1. The number of rotatable bonds is 5. The molecule has 2 aromatic heterocycles. The fourth-order valence-electron chi connectivity index (χ4n) is 3.61. The van der Waals surface area contributed by atoms with E-state index in [0.717, 1.165) is 12.8 Å². The molecule has 3 aromatic rings. The van der Waals surface area contributed by atoms with Crippen molar-refractivity contribution in [3.8, 4) is 11.3 Å². The van der Waals surface area contributed by atoms with Crippen LogP contribution in [0, 0.1) is 5.82 Å². The van der Waals surface area contributed by atoms with Gasteiger partial charge in [0.05, 0.1) is 28.5 Å². The first-order valence-electron chi connectivity index (χ1n) is 11.0. The number of carbonyl (C=O) groups is 2. The maximum absolute atomic E-state index is 14.2. The number of nitrogens with one attached hydrogen (secondary N) is 2. The SMILES string of the molecule is CC(NC(=O)OC(C)(C)C)c1nc2ccc(F)cc2c(C(=O)NC2CC2)c1-c1ccccn1. The number of halogens is 1. The Morgan fingerprint density at radius 3 is 2.58 bits per heavy atom. The second-order valence-electron chi connectivity index (χ2n) is 9.24. The summed E-state index contributed by atoms with van der Waals surface area (Å²) in [5.74, 6) is -0.786. The van der Waals surface area contributed by atoms with Crippen LogP contribution >= 0.6 is 0 Å². The molecule has 0 bridgehead atoms. The quantitative estimate of drug-likeness (QED) is 0.576. The highest BCUT2D eigenvalue weighted by Crippen LogP contribution is 2.35. The molecule has 1 fully saturated rings. The molecule has 7 nitrogen and oxygen atoms in total. The van der Waals surface area contributed by atoms with Crippen molar-refractivity contribution >= 4 is 22.9 Å². The summed E-state index contributed by atoms with van der Waals surface area (Å²) in [7, 11) is 0. The van der Waals surface area contributed by atoms with Crippen LogP contribution in [0.25, 0.3) is 22.2 Å². The van der Waals surface area contributed by atoms with Gasteiger partial charge in [0, 0.05) is 23.2 Å². The van der Waals surface area contributed by atoms with Crippen molar-refractivity contribution in [3.63, 3.8) is 0 Å². The number of aromatic nitrogens is 2. The van der Waals surface area contributed by atoms with Gasteiger partial charge in [-0.1, -0.05) is 6.07 Å². The fraction of sp³-hybridized carbons (Fsp3) is 0.360. The number of alkyl carbamates (subject to hydrolysis) is 1. The predicted octanol–water partition coefficient (Wildman–Crippen LogP) is 4.91. The average Bonchev–Trinajstić information content (AvgIpc) is 3.55. The lowest BCUT2D eigenvalue weighted by atomic mass is 9.94. The van der Waals surface area contributed by atoms with E-state index in [-0.39, 0.29) is 17.5 Å². The van der Waals surface area contributed by atoms with E-state index in [0.29, 0.717) is 27.9 Å². The Balaban J connectivity index is 1.90. The van der Waals surface area contributed by atoms with Crippen molar-refractivity contribution in [3.05, 3.63) is 59.7 Å². The van der Waals surface area contributed by atoms with E-state index in [1.807, 2.05) is 0 Å². The Kier molecular flexibility index (Phi) is 6.01. The zero-order valence-corrected chi connectivity index (χ0v) is 19.1. The van der Waals surface area contributed by atoms with Gasteiger partial charge in [0.15, 0.2) is 0 Å². The molecule has 1 aromatic carbocycles. The summed E-state index contributed by atoms with van der Waals surface area (Å²) in [6.45, 7) is 7.09. The molecule has 172 valence electrons. The first kappa shape index (κ1) is 22.6. The zero-order valence-electron chi connectivity index (χ0n) is 19.1. The van der Waals surface area contributed by atoms with Crippen molar-refractivity contribution in [1.29, 1.82) is 0 Å². The summed E-state index contributed by atoms with van der Waals surface area (Å²) < 4.78 is 19.6. The summed E-state index contributed by atoms with van der Waals surface area (Å²) in [5, 5.41) is 6.19. The van der Waals surface area contributed by atoms with Crippen LogP contribution in [0.5, 0.6) is 0 Å². The highest BCUT2D eigenvalue weighted by molar-refractivity contribution is 6.12. The standard InChI is InChI=1S/C25H27FN4O3/c1-14(28-24(32)33-25(2,3)4)22-21(19-7-5-6-12-27-19)20(23(31)29-16-9-10-16)17-13-15(26)8-11-18(17)30-22/h5-8,11-14,16H,9-10H2,1-4H3,(H,28,32)(H,29,31). The van der Waals surface area contributed by atoms with Crippen molar-refractivity contribution < 1.29 is 18.7 Å². The van der Waals surface area contributed by atoms with Gasteiger partial charge >= 0.3 is 6.09 Å². The first-order valence-corrected chi connectivity index (χ1v) is 11.0. The van der Waals surface area contributed by atoms with Gasteiger partial charge in [-0.05, 0) is 70.9 Å². The lowest BCUT2D eigenvalue weighted by Gasteiger charge is -2.24. The van der Waals surface area contributed by atoms with Gasteiger partial charge in [-0.25, -0.2) is 14.2 Å². The van der Waals surface area contributed by atoms with Crippen molar-refractivity contribution in [2.45, 2.75) is 58.2 Å². The van der Waals surface area contributed by atoms with Crippen molar-refractivity contribution in [2.75, 3.05) is 0 Å². The summed E-state index contributed by atoms with van der Waals surface area (Å²) in [6.07, 6.45) is 2.83. The van der Waals surface area contributed by atoms with Crippen molar-refractivity contribution in [2.24, 2.45) is 0 Å². The third-order valence-electron chi connectivity index (χ3n) is 5.18. The molecule has 2 amide bonds. The van der Waals surface area contributed by atoms with E-state index in [1.54, 1.807) is 52.1 Å². The third-order valence-corrected chi connectivity index (χ3v) is 5.18. The van der Waals surface area contributed by atoms with Crippen LogP contribution in [-0.4, -0.2) is 33.6 Å². The van der Waals surface area contributed by atoms with Crippen LogP contribution in [0.2, 0.25) is 0 Å². The van der Waals surface area contributed by atoms with E-state index < -0.39 is 23.6 Å². The van der Waals surface area contributed by atoms with Gasteiger partial charge in [0.2, 0.25) is 0 Å². The number of pyridine rings is 2. The van der Waals surface area contributed by atoms with Crippen LogP contribution in [0.3, 0.4) is 0 Å². The Hall–Kier alpha value is -3.55. The van der Waals surface area contributed by atoms with Gasteiger partial charge in [-0.3, -0.25) is 9.78 Å². The molecule has 0 aliphatic heterocycles. The monoisotopic (exact) mass is 450 g/mol. The molecular formula is C25H27FN4O3. The Bertz CT molecular complexity index is 1200. The maximum Gasteiger partial charge on any atom is 0.408 e. The highest BCUT2D eigenvalue weighted by atomic mass is 19.1. The second kappa shape index (κ2) is 8.77. The number of hydrogen-bond donors (Lipinski definition) is 2. The highest BCUT2D eigenvalue weighted by Gasteiger charge is 2.30. The van der Waals surface area contributed by atoms with Crippen LogP contribution < -0.4 is 10.6 Å². The molecule has 1 aliphatic carbocycles. The van der Waals surface area contributed by atoms with Gasteiger partial charge in [0.25, 0.3) is 5.91 Å². The zero-order chi connectivity index (χ0) is 23.8. The van der Waals surface area contributed by atoms with Gasteiger partial charge < -0.3 is 15.4 Å². The average molecular weight is 451 g/mol. The van der Waals surface area contributed by atoms with E-state index >= 15 is 0 Å². The molecule has 1 unspecified atom stereocenters. The van der Waals surface area contributed by atoms with Crippen LogP contribution in [0.4, 0.5) is 9.18 Å². The molecule has 1 aliphatic rings. The van der Waals surface area contributed by atoms with Gasteiger partial charge in [-0.15, -0.1) is 0 Å². The van der Waals surface area contributed by atoms with Crippen LogP contribution in [0.1, 0.15) is 62.6 Å². The van der Waals surface area contributed by atoms with Gasteiger partial charge in [0.1, 0.15) is 11.4 Å². The normalized spacial score (nSPS) is 14.6. The smallest absolute Gasteiger partial charge is 0.408 e. The number of amides is 2. The largest absolute Gasteiger partial charge is 0.444 e. The number of fused-ring (bicyclic) bond motifs is 1. The molecular weight excluding hydrogens is 423 g/mol. The van der Waals surface area contributed by atoms with E-state index in [2.05, 4.69) is 15.6 Å². The Morgan fingerprint density at radius 1 is 1.18 bits per heavy atom. The molecule has 2 N–H and O–H groups in total. The minimum absolute atomic E-state index is 0.103. The lowest BCUT2D eigenvalue weighted by Crippen LogP contribution is -2.35. The first-order chi connectivity index (χ1) is 15.6. The van der Waals surface area contributed by atoms with Crippen LogP contribution in [-0.2, 0) is 4.74 Å². The fourth-order valence-corrected chi connectivity index (χ4v) is 3.61. The molecule has 1 atom stereocenters. The minimum atomic E-state index is -0.669. The second-order valence-corrected chi connectivity index (χ2v) is 9.24. The summed E-state index contributed by atoms with van der Waals surface area (Å²) in [6, 6.07) is 8.97. The Morgan fingerprint density at radius 2 is 1.94 bits per heavy atom. The summed E-state index contributed by atoms with van der Waals surface area (Å²) >= 11 is 0. The molecule has 33 heavy (non-hydrogen) atoms. The van der Waals surface area contributed by atoms with Crippen molar-refractivity contribution in [1.82, 2.24) is 20.6 Å². The molecule has 4 rings (SSSR count). The molecule has 8 heteroatoms. The van der Waals surface area contributed by atoms with E-state index in [4.69, 9.17) is 9.72 Å². The molecule has 2 heterocycles. The third kappa shape index (κ3) is 5.27. The van der Waals surface area contributed by atoms with E-state index in [9.17, 15) is 14.0 Å². The number of benzene rings is 1. The summed E-state index contributed by atoms with van der Waals surface area (Å²) in [5.41, 5.74) is 1.47. The van der Waals surface area contributed by atoms with Gasteiger partial charge in [-0.2, -0.15) is 0 Å².